The maximum Gasteiger partial charge on any atom is 0.262 e. The van der Waals surface area contributed by atoms with Crippen molar-refractivity contribution in [2.75, 3.05) is 13.1 Å². The van der Waals surface area contributed by atoms with Crippen LogP contribution in [0.15, 0.2) is 27.6 Å². The van der Waals surface area contributed by atoms with Gasteiger partial charge in [0.2, 0.25) is 0 Å². The van der Waals surface area contributed by atoms with E-state index in [1.807, 2.05) is 0 Å². The molecule has 1 aliphatic heterocycles. The molecule has 2 rings (SSSR count). The first-order chi connectivity index (χ1) is 9.10. The van der Waals surface area contributed by atoms with Gasteiger partial charge in [-0.3, -0.25) is 4.79 Å². The van der Waals surface area contributed by atoms with Gasteiger partial charge in [0.25, 0.3) is 15.0 Å². The summed E-state index contributed by atoms with van der Waals surface area (Å²) in [5.74, 6) is -0.162. The molecule has 1 saturated heterocycles. The molecule has 4 nitrogen and oxygen atoms in total. The smallest absolute Gasteiger partial charge is 0.262 e. The van der Waals surface area contributed by atoms with Crippen LogP contribution in [0.5, 0.6) is 0 Å². The molecule has 0 spiro atoms. The highest BCUT2D eigenvalue weighted by Gasteiger charge is 2.32. The van der Waals surface area contributed by atoms with Crippen molar-refractivity contribution in [3.8, 4) is 0 Å². The lowest BCUT2D eigenvalue weighted by atomic mass is 9.93. The Morgan fingerprint density at radius 1 is 1.40 bits per heavy atom. The lowest BCUT2D eigenvalue weighted by molar-refractivity contribution is 0.0778. The molecule has 1 heterocycles. The molecule has 0 saturated carbocycles. The van der Waals surface area contributed by atoms with Crippen LogP contribution in [0.3, 0.4) is 0 Å². The standard InChI is InChI=1S/C13H15BrClNO3S/c1-13(2)5-6-16(8-13)12(17)9-3-4-10(14)11(7-9)20(15,18)19/h3-4,7H,5-6,8H2,1-2H3. The predicted molar refractivity (Wildman–Crippen MR) is 81.5 cm³/mol. The van der Waals surface area contributed by atoms with Crippen LogP contribution in [0.2, 0.25) is 0 Å². The van der Waals surface area contributed by atoms with Crippen molar-refractivity contribution in [1.82, 2.24) is 4.90 Å². The van der Waals surface area contributed by atoms with E-state index in [2.05, 4.69) is 29.8 Å². The zero-order valence-electron chi connectivity index (χ0n) is 11.2. The second-order valence-electron chi connectivity index (χ2n) is 5.72. The first kappa shape index (κ1) is 15.8. The molecule has 1 aromatic rings. The first-order valence-electron chi connectivity index (χ1n) is 6.14. The van der Waals surface area contributed by atoms with E-state index in [0.717, 1.165) is 6.42 Å². The Morgan fingerprint density at radius 2 is 2.05 bits per heavy atom. The van der Waals surface area contributed by atoms with Crippen LogP contribution in [-0.4, -0.2) is 32.3 Å². The van der Waals surface area contributed by atoms with E-state index in [-0.39, 0.29) is 16.2 Å². The van der Waals surface area contributed by atoms with Gasteiger partial charge < -0.3 is 4.90 Å². The van der Waals surface area contributed by atoms with Crippen LogP contribution in [0.4, 0.5) is 0 Å². The van der Waals surface area contributed by atoms with Gasteiger partial charge in [0.15, 0.2) is 0 Å². The number of hydrogen-bond donors (Lipinski definition) is 0. The van der Waals surface area contributed by atoms with Crippen LogP contribution in [0, 0.1) is 5.41 Å². The minimum atomic E-state index is -3.88. The number of nitrogens with zero attached hydrogens (tertiary/aromatic N) is 1. The molecule has 0 aliphatic carbocycles. The number of amides is 1. The third-order valence-corrected chi connectivity index (χ3v) is 5.72. The third kappa shape index (κ3) is 3.35. The van der Waals surface area contributed by atoms with Crippen LogP contribution < -0.4 is 0 Å². The molecule has 1 aromatic carbocycles. The summed E-state index contributed by atoms with van der Waals surface area (Å²) in [7, 11) is 1.48. The fraction of sp³-hybridized carbons (Fsp3) is 0.462. The highest BCUT2D eigenvalue weighted by molar-refractivity contribution is 9.10. The zero-order chi connectivity index (χ0) is 15.1. The Kier molecular flexibility index (Phi) is 4.19. The lowest BCUT2D eigenvalue weighted by Crippen LogP contribution is -2.30. The minimum Gasteiger partial charge on any atom is -0.338 e. The van der Waals surface area contributed by atoms with E-state index in [0.29, 0.717) is 23.1 Å². The number of benzene rings is 1. The average Bonchev–Trinajstić information content (AvgIpc) is 2.68. The zero-order valence-corrected chi connectivity index (χ0v) is 14.3. The summed E-state index contributed by atoms with van der Waals surface area (Å²) in [5.41, 5.74) is 0.442. The van der Waals surface area contributed by atoms with Gasteiger partial charge in [0, 0.05) is 33.8 Å². The Balaban J connectivity index is 2.33. The van der Waals surface area contributed by atoms with Gasteiger partial charge in [0.05, 0.1) is 4.90 Å². The molecule has 0 aromatic heterocycles. The summed E-state index contributed by atoms with van der Waals surface area (Å²) in [5, 5.41) is 0. The number of hydrogen-bond acceptors (Lipinski definition) is 3. The minimum absolute atomic E-state index is 0.0801. The van der Waals surface area contributed by atoms with Crippen LogP contribution in [0.25, 0.3) is 0 Å². The Labute approximate surface area is 131 Å². The van der Waals surface area contributed by atoms with Gasteiger partial charge in [-0.15, -0.1) is 0 Å². The third-order valence-electron chi connectivity index (χ3n) is 3.41. The molecule has 0 unspecified atom stereocenters. The maximum atomic E-state index is 12.4. The lowest BCUT2D eigenvalue weighted by Gasteiger charge is -2.20. The summed E-state index contributed by atoms with van der Waals surface area (Å²) in [6, 6.07) is 4.45. The number of carbonyl (C=O) groups excluding carboxylic acids is 1. The van der Waals surface area contributed by atoms with Crippen LogP contribution in [-0.2, 0) is 9.05 Å². The van der Waals surface area contributed by atoms with Gasteiger partial charge in [-0.1, -0.05) is 13.8 Å². The fourth-order valence-electron chi connectivity index (χ4n) is 2.29. The van der Waals surface area contributed by atoms with Crippen molar-refractivity contribution in [2.45, 2.75) is 25.2 Å². The summed E-state index contributed by atoms with van der Waals surface area (Å²) in [6.07, 6.45) is 0.940. The molecular formula is C13H15BrClNO3S. The van der Waals surface area contributed by atoms with Crippen molar-refractivity contribution < 1.29 is 13.2 Å². The molecule has 7 heteroatoms. The van der Waals surface area contributed by atoms with E-state index in [9.17, 15) is 13.2 Å². The molecule has 1 fully saturated rings. The van der Waals surface area contributed by atoms with E-state index in [1.165, 1.54) is 12.1 Å². The van der Waals surface area contributed by atoms with Crippen molar-refractivity contribution >= 4 is 41.6 Å². The van der Waals surface area contributed by atoms with Crippen molar-refractivity contribution in [1.29, 1.82) is 0 Å². The maximum absolute atomic E-state index is 12.4. The Morgan fingerprint density at radius 3 is 2.55 bits per heavy atom. The summed E-state index contributed by atoms with van der Waals surface area (Å²) in [6.45, 7) is 5.57. The molecule has 0 bridgehead atoms. The van der Waals surface area contributed by atoms with E-state index in [1.54, 1.807) is 11.0 Å². The molecule has 0 radical (unpaired) electrons. The van der Waals surface area contributed by atoms with Gasteiger partial charge in [-0.05, 0) is 46.0 Å². The normalized spacial score (nSPS) is 18.3. The number of likely N-dealkylation sites (tertiary alicyclic amines) is 1. The molecule has 0 atom stereocenters. The average molecular weight is 381 g/mol. The highest BCUT2D eigenvalue weighted by Crippen LogP contribution is 2.31. The van der Waals surface area contributed by atoms with Gasteiger partial charge in [-0.2, -0.15) is 0 Å². The molecular weight excluding hydrogens is 366 g/mol. The van der Waals surface area contributed by atoms with Crippen LogP contribution >= 0.6 is 26.6 Å². The van der Waals surface area contributed by atoms with Gasteiger partial charge in [0.1, 0.15) is 0 Å². The molecule has 1 aliphatic rings. The topological polar surface area (TPSA) is 54.5 Å². The SMILES string of the molecule is CC1(C)CCN(C(=O)c2ccc(Br)c(S(=O)(=O)Cl)c2)C1. The van der Waals surface area contributed by atoms with Crippen molar-refractivity contribution in [2.24, 2.45) is 5.41 Å². The van der Waals surface area contributed by atoms with Gasteiger partial charge >= 0.3 is 0 Å². The Bertz CT molecular complexity index is 658. The number of carbonyl (C=O) groups is 1. The first-order valence-corrected chi connectivity index (χ1v) is 9.24. The quantitative estimate of drug-likeness (QED) is 0.740. The van der Waals surface area contributed by atoms with E-state index in [4.69, 9.17) is 10.7 Å². The second-order valence-corrected chi connectivity index (χ2v) is 9.11. The predicted octanol–water partition coefficient (Wildman–Crippen LogP) is 3.25. The molecule has 0 N–H and O–H groups in total. The largest absolute Gasteiger partial charge is 0.338 e. The number of rotatable bonds is 2. The van der Waals surface area contributed by atoms with Gasteiger partial charge in [-0.25, -0.2) is 8.42 Å². The summed E-state index contributed by atoms with van der Waals surface area (Å²) < 4.78 is 23.3. The second kappa shape index (κ2) is 5.31. The van der Waals surface area contributed by atoms with Crippen molar-refractivity contribution in [3.63, 3.8) is 0 Å². The summed E-state index contributed by atoms with van der Waals surface area (Å²) >= 11 is 3.13. The highest BCUT2D eigenvalue weighted by atomic mass is 79.9. The fourth-order valence-corrected chi connectivity index (χ4v) is 4.41. The monoisotopic (exact) mass is 379 g/mol. The number of halogens is 2. The van der Waals surface area contributed by atoms with E-state index < -0.39 is 9.05 Å². The summed E-state index contributed by atoms with van der Waals surface area (Å²) in [4.78, 5) is 14.1. The Hall–Kier alpha value is -0.590. The molecule has 1 amide bonds. The van der Waals surface area contributed by atoms with E-state index >= 15 is 0 Å². The molecule has 110 valence electrons. The molecule has 20 heavy (non-hydrogen) atoms. The van der Waals surface area contributed by atoms with Crippen LogP contribution in [0.1, 0.15) is 30.6 Å². The van der Waals surface area contributed by atoms with Crippen molar-refractivity contribution in [3.05, 3.63) is 28.2 Å².